The van der Waals surface area contributed by atoms with Gasteiger partial charge in [0.1, 0.15) is 5.75 Å². The van der Waals surface area contributed by atoms with E-state index in [0.717, 1.165) is 37.1 Å². The van der Waals surface area contributed by atoms with Crippen molar-refractivity contribution in [3.8, 4) is 5.75 Å². The predicted molar refractivity (Wildman–Crippen MR) is 92.4 cm³/mol. The molecular formula is C19H24N2O4. The summed E-state index contributed by atoms with van der Waals surface area (Å²) >= 11 is 0. The average molecular weight is 344 g/mol. The minimum atomic E-state index is -0.525. The van der Waals surface area contributed by atoms with Crippen LogP contribution in [0.4, 0.5) is 5.69 Å². The highest BCUT2D eigenvalue weighted by molar-refractivity contribution is 6.03. The normalized spacial score (nSPS) is 22.8. The van der Waals surface area contributed by atoms with E-state index in [9.17, 15) is 9.59 Å². The molecule has 134 valence electrons. The van der Waals surface area contributed by atoms with Crippen molar-refractivity contribution in [2.24, 2.45) is 10.8 Å². The highest BCUT2D eigenvalue weighted by Crippen LogP contribution is 2.71. The SMILES string of the molecule is COc1ccc(NC(=O)C2(C3(C(=O)N4CCOCC4)CC3)CC2)cc1. The summed E-state index contributed by atoms with van der Waals surface area (Å²) in [6, 6.07) is 7.30. The number of hydrogen-bond acceptors (Lipinski definition) is 4. The number of carbonyl (C=O) groups excluding carboxylic acids is 2. The lowest BCUT2D eigenvalue weighted by Crippen LogP contribution is -2.49. The smallest absolute Gasteiger partial charge is 0.231 e. The van der Waals surface area contributed by atoms with E-state index in [1.807, 2.05) is 29.2 Å². The first kappa shape index (κ1) is 16.4. The number of carbonyl (C=O) groups is 2. The van der Waals surface area contributed by atoms with Crippen molar-refractivity contribution in [3.63, 3.8) is 0 Å². The second kappa shape index (κ2) is 6.02. The molecule has 1 heterocycles. The van der Waals surface area contributed by atoms with Gasteiger partial charge in [0.2, 0.25) is 11.8 Å². The standard InChI is InChI=1S/C19H24N2O4/c1-24-15-4-2-14(3-5-15)20-16(22)18(6-7-18)19(8-9-19)17(23)21-10-12-25-13-11-21/h2-5H,6-13H2,1H3,(H,20,22). The first-order chi connectivity index (χ1) is 12.1. The summed E-state index contributed by atoms with van der Waals surface area (Å²) in [5.41, 5.74) is -0.268. The number of methoxy groups -OCH3 is 1. The fourth-order valence-corrected chi connectivity index (χ4v) is 4.06. The third-order valence-electron chi connectivity index (χ3n) is 5.91. The van der Waals surface area contributed by atoms with Crippen LogP contribution in [-0.2, 0) is 14.3 Å². The van der Waals surface area contributed by atoms with Gasteiger partial charge >= 0.3 is 0 Å². The maximum atomic E-state index is 13.1. The van der Waals surface area contributed by atoms with Crippen molar-refractivity contribution in [1.29, 1.82) is 0 Å². The van der Waals surface area contributed by atoms with Crippen molar-refractivity contribution >= 4 is 17.5 Å². The van der Waals surface area contributed by atoms with Crippen LogP contribution < -0.4 is 10.1 Å². The van der Waals surface area contributed by atoms with E-state index in [2.05, 4.69) is 5.32 Å². The summed E-state index contributed by atoms with van der Waals surface area (Å²) in [5, 5.41) is 3.01. The largest absolute Gasteiger partial charge is 0.497 e. The number of ether oxygens (including phenoxy) is 2. The Morgan fingerprint density at radius 3 is 2.16 bits per heavy atom. The molecule has 2 saturated carbocycles. The molecule has 1 saturated heterocycles. The van der Waals surface area contributed by atoms with Crippen LogP contribution in [0.2, 0.25) is 0 Å². The number of hydrogen-bond donors (Lipinski definition) is 1. The van der Waals surface area contributed by atoms with Crippen LogP contribution in [-0.4, -0.2) is 50.1 Å². The third kappa shape index (κ3) is 2.68. The number of rotatable bonds is 5. The minimum absolute atomic E-state index is 0.0169. The van der Waals surface area contributed by atoms with Crippen molar-refractivity contribution in [2.45, 2.75) is 25.7 Å². The zero-order valence-corrected chi connectivity index (χ0v) is 14.5. The van der Waals surface area contributed by atoms with Crippen molar-refractivity contribution in [1.82, 2.24) is 4.90 Å². The molecule has 4 rings (SSSR count). The molecule has 2 aliphatic carbocycles. The highest BCUT2D eigenvalue weighted by Gasteiger charge is 2.73. The summed E-state index contributed by atoms with van der Waals surface area (Å²) in [5.74, 6) is 0.884. The van der Waals surface area contributed by atoms with Gasteiger partial charge in [-0.3, -0.25) is 9.59 Å². The van der Waals surface area contributed by atoms with E-state index in [4.69, 9.17) is 9.47 Å². The quantitative estimate of drug-likeness (QED) is 0.888. The van der Waals surface area contributed by atoms with E-state index in [1.54, 1.807) is 7.11 Å². The lowest BCUT2D eigenvalue weighted by atomic mass is 9.83. The lowest BCUT2D eigenvalue weighted by Gasteiger charge is -2.34. The molecule has 0 unspecified atom stereocenters. The Morgan fingerprint density at radius 1 is 1.04 bits per heavy atom. The summed E-state index contributed by atoms with van der Waals surface area (Å²) in [7, 11) is 1.61. The minimum Gasteiger partial charge on any atom is -0.497 e. The van der Waals surface area contributed by atoms with Gasteiger partial charge < -0.3 is 19.7 Å². The number of nitrogens with zero attached hydrogens (tertiary/aromatic N) is 1. The Labute approximate surface area is 147 Å². The Balaban J connectivity index is 1.48. The molecular weight excluding hydrogens is 320 g/mol. The number of morpholine rings is 1. The number of nitrogens with one attached hydrogen (secondary N) is 1. The summed E-state index contributed by atoms with van der Waals surface area (Å²) in [6.07, 6.45) is 3.23. The number of anilines is 1. The van der Waals surface area contributed by atoms with Crippen LogP contribution in [0.3, 0.4) is 0 Å². The Hall–Kier alpha value is -2.08. The molecule has 6 nitrogen and oxygen atoms in total. The summed E-state index contributed by atoms with van der Waals surface area (Å²) in [4.78, 5) is 28.0. The van der Waals surface area contributed by atoms with E-state index >= 15 is 0 Å². The summed E-state index contributed by atoms with van der Waals surface area (Å²) in [6.45, 7) is 2.45. The average Bonchev–Trinajstić information content (AvgIpc) is 3.55. The van der Waals surface area contributed by atoms with E-state index < -0.39 is 10.8 Å². The summed E-state index contributed by atoms with van der Waals surface area (Å²) < 4.78 is 10.5. The molecule has 25 heavy (non-hydrogen) atoms. The molecule has 1 aliphatic heterocycles. The van der Waals surface area contributed by atoms with Gasteiger partial charge in [0, 0.05) is 18.8 Å². The second-order valence-electron chi connectivity index (χ2n) is 7.25. The molecule has 1 aromatic rings. The van der Waals surface area contributed by atoms with E-state index in [0.29, 0.717) is 26.3 Å². The third-order valence-corrected chi connectivity index (χ3v) is 5.91. The monoisotopic (exact) mass is 344 g/mol. The van der Waals surface area contributed by atoms with Gasteiger partial charge in [0.05, 0.1) is 31.2 Å². The molecule has 0 atom stereocenters. The molecule has 1 N–H and O–H groups in total. The molecule has 1 aromatic carbocycles. The molecule has 0 spiro atoms. The molecule has 0 aromatic heterocycles. The van der Waals surface area contributed by atoms with Crippen molar-refractivity contribution in [3.05, 3.63) is 24.3 Å². The fraction of sp³-hybridized carbons (Fsp3) is 0.579. The van der Waals surface area contributed by atoms with Gasteiger partial charge in [-0.15, -0.1) is 0 Å². The first-order valence-corrected chi connectivity index (χ1v) is 8.94. The van der Waals surface area contributed by atoms with Crippen LogP contribution in [0.5, 0.6) is 5.75 Å². The zero-order valence-electron chi connectivity index (χ0n) is 14.5. The molecule has 3 fully saturated rings. The molecule has 0 bridgehead atoms. The fourth-order valence-electron chi connectivity index (χ4n) is 4.06. The Bertz CT molecular complexity index is 671. The van der Waals surface area contributed by atoms with Crippen molar-refractivity contribution < 1.29 is 19.1 Å². The molecule has 3 aliphatic rings. The molecule has 0 radical (unpaired) electrons. The van der Waals surface area contributed by atoms with Gasteiger partial charge in [-0.1, -0.05) is 0 Å². The molecule has 2 amide bonds. The molecule has 6 heteroatoms. The topological polar surface area (TPSA) is 67.9 Å². The maximum Gasteiger partial charge on any atom is 0.231 e. The second-order valence-corrected chi connectivity index (χ2v) is 7.25. The van der Waals surface area contributed by atoms with Gasteiger partial charge in [-0.2, -0.15) is 0 Å². The predicted octanol–water partition coefficient (Wildman–Crippen LogP) is 2.05. The first-order valence-electron chi connectivity index (χ1n) is 8.94. The highest BCUT2D eigenvalue weighted by atomic mass is 16.5. The van der Waals surface area contributed by atoms with Crippen LogP contribution in [0.25, 0.3) is 0 Å². The van der Waals surface area contributed by atoms with Crippen LogP contribution in [0.1, 0.15) is 25.7 Å². The van der Waals surface area contributed by atoms with Crippen LogP contribution >= 0.6 is 0 Å². The Morgan fingerprint density at radius 2 is 1.64 bits per heavy atom. The zero-order chi connectivity index (χ0) is 17.5. The van der Waals surface area contributed by atoms with Crippen LogP contribution in [0, 0.1) is 10.8 Å². The number of benzene rings is 1. The lowest BCUT2D eigenvalue weighted by molar-refractivity contribution is -0.147. The Kier molecular flexibility index (Phi) is 3.95. The van der Waals surface area contributed by atoms with E-state index in [1.165, 1.54) is 0 Å². The van der Waals surface area contributed by atoms with Gasteiger partial charge in [0.25, 0.3) is 0 Å². The van der Waals surface area contributed by atoms with E-state index in [-0.39, 0.29) is 11.8 Å². The van der Waals surface area contributed by atoms with Gasteiger partial charge in [-0.25, -0.2) is 0 Å². The van der Waals surface area contributed by atoms with Crippen molar-refractivity contribution in [2.75, 3.05) is 38.7 Å². The van der Waals surface area contributed by atoms with Crippen LogP contribution in [0.15, 0.2) is 24.3 Å². The maximum absolute atomic E-state index is 13.1. The van der Waals surface area contributed by atoms with Gasteiger partial charge in [-0.05, 0) is 49.9 Å². The number of amides is 2. The van der Waals surface area contributed by atoms with Gasteiger partial charge in [0.15, 0.2) is 0 Å².